The average Bonchev–Trinajstić information content (AvgIpc) is 2.26. The fourth-order valence-corrected chi connectivity index (χ4v) is 2.25. The number of halogens is 2. The van der Waals surface area contributed by atoms with Gasteiger partial charge in [-0.15, -0.1) is 0 Å². The Kier molecular flexibility index (Phi) is 3.24. The van der Waals surface area contributed by atoms with Crippen molar-refractivity contribution in [3.8, 4) is 0 Å². The van der Waals surface area contributed by atoms with Crippen LogP contribution in [0.15, 0.2) is 12.1 Å². The summed E-state index contributed by atoms with van der Waals surface area (Å²) >= 11 is 0. The lowest BCUT2D eigenvalue weighted by Gasteiger charge is -2.43. The summed E-state index contributed by atoms with van der Waals surface area (Å²) in [5, 5.41) is 11.6. The van der Waals surface area contributed by atoms with E-state index in [-0.39, 0.29) is 16.8 Å². The summed E-state index contributed by atoms with van der Waals surface area (Å²) in [6.45, 7) is 1.97. The first-order valence-electron chi connectivity index (χ1n) is 5.98. The maximum absolute atomic E-state index is 13.7. The Morgan fingerprint density at radius 3 is 2.28 bits per heavy atom. The highest BCUT2D eigenvalue weighted by Gasteiger charge is 2.36. The van der Waals surface area contributed by atoms with E-state index in [0.717, 1.165) is 37.8 Å². The summed E-state index contributed by atoms with van der Waals surface area (Å²) in [4.78, 5) is 10.7. The first-order chi connectivity index (χ1) is 8.47. The summed E-state index contributed by atoms with van der Waals surface area (Å²) in [7, 11) is 0. The van der Waals surface area contributed by atoms with Crippen LogP contribution in [-0.4, -0.2) is 16.6 Å². The second kappa shape index (κ2) is 4.55. The molecule has 18 heavy (non-hydrogen) atoms. The second-order valence-electron chi connectivity index (χ2n) is 4.73. The number of carboxylic acids is 1. The highest BCUT2D eigenvalue weighted by molar-refractivity contribution is 5.88. The predicted molar refractivity (Wildman–Crippen MR) is 63.8 cm³/mol. The van der Waals surface area contributed by atoms with Crippen LogP contribution < -0.4 is 5.32 Å². The van der Waals surface area contributed by atoms with Crippen molar-refractivity contribution in [2.45, 2.75) is 38.1 Å². The zero-order valence-electron chi connectivity index (χ0n) is 10.1. The third kappa shape index (κ3) is 2.17. The molecule has 0 saturated heterocycles. The molecule has 2 rings (SSSR count). The van der Waals surface area contributed by atoms with Crippen LogP contribution >= 0.6 is 0 Å². The van der Waals surface area contributed by atoms with E-state index in [1.165, 1.54) is 0 Å². The molecule has 1 saturated carbocycles. The van der Waals surface area contributed by atoms with Crippen LogP contribution in [0.25, 0.3) is 0 Å². The summed E-state index contributed by atoms with van der Waals surface area (Å²) in [5.41, 5.74) is -0.844. The average molecular weight is 255 g/mol. The standard InChI is InChI=1S/C13H15F2NO2/c1-2-13(4-3-5-13)16-11-9(14)6-8(12(17)18)7-10(11)15/h6-7,16H,2-5H2,1H3,(H,17,18). The molecular weight excluding hydrogens is 240 g/mol. The number of aromatic carboxylic acids is 1. The predicted octanol–water partition coefficient (Wildman–Crippen LogP) is 3.41. The first kappa shape index (κ1) is 12.8. The smallest absolute Gasteiger partial charge is 0.335 e. The third-order valence-electron chi connectivity index (χ3n) is 3.67. The van der Waals surface area contributed by atoms with Gasteiger partial charge in [0.05, 0.1) is 5.56 Å². The molecule has 2 N–H and O–H groups in total. The molecule has 0 bridgehead atoms. The van der Waals surface area contributed by atoms with Gasteiger partial charge in [-0.1, -0.05) is 6.92 Å². The number of rotatable bonds is 4. The molecule has 0 radical (unpaired) electrons. The molecule has 3 nitrogen and oxygen atoms in total. The van der Waals surface area contributed by atoms with Gasteiger partial charge in [-0.3, -0.25) is 0 Å². The van der Waals surface area contributed by atoms with Crippen molar-refractivity contribution in [2.75, 3.05) is 5.32 Å². The van der Waals surface area contributed by atoms with E-state index >= 15 is 0 Å². The molecule has 0 spiro atoms. The van der Waals surface area contributed by atoms with E-state index in [1.54, 1.807) is 0 Å². The second-order valence-corrected chi connectivity index (χ2v) is 4.73. The topological polar surface area (TPSA) is 49.3 Å². The van der Waals surface area contributed by atoms with Gasteiger partial charge in [0, 0.05) is 5.54 Å². The van der Waals surface area contributed by atoms with Crippen LogP contribution in [0.4, 0.5) is 14.5 Å². The van der Waals surface area contributed by atoms with E-state index < -0.39 is 17.6 Å². The Morgan fingerprint density at radius 2 is 1.94 bits per heavy atom. The van der Waals surface area contributed by atoms with Gasteiger partial charge in [0.15, 0.2) is 0 Å². The molecule has 5 heteroatoms. The van der Waals surface area contributed by atoms with Crippen molar-refractivity contribution in [3.63, 3.8) is 0 Å². The van der Waals surface area contributed by atoms with Crippen molar-refractivity contribution >= 4 is 11.7 Å². The van der Waals surface area contributed by atoms with Crippen LogP contribution in [0.2, 0.25) is 0 Å². The minimum absolute atomic E-state index is 0.221. The van der Waals surface area contributed by atoms with E-state index in [9.17, 15) is 13.6 Å². The van der Waals surface area contributed by atoms with Gasteiger partial charge in [-0.25, -0.2) is 13.6 Å². The van der Waals surface area contributed by atoms with E-state index in [0.29, 0.717) is 0 Å². The van der Waals surface area contributed by atoms with Crippen LogP contribution in [-0.2, 0) is 0 Å². The number of anilines is 1. The van der Waals surface area contributed by atoms with Crippen molar-refractivity contribution in [1.29, 1.82) is 0 Å². The summed E-state index contributed by atoms with van der Waals surface area (Å²) in [6, 6.07) is 1.69. The molecule has 1 aromatic rings. The molecule has 1 fully saturated rings. The Labute approximate surface area is 104 Å². The monoisotopic (exact) mass is 255 g/mol. The minimum atomic E-state index is -1.34. The Balaban J connectivity index is 2.31. The minimum Gasteiger partial charge on any atom is -0.478 e. The number of carbonyl (C=O) groups is 1. The Morgan fingerprint density at radius 1 is 1.39 bits per heavy atom. The van der Waals surface area contributed by atoms with E-state index in [2.05, 4.69) is 5.32 Å². The fraction of sp³-hybridized carbons (Fsp3) is 0.462. The highest BCUT2D eigenvalue weighted by atomic mass is 19.1. The van der Waals surface area contributed by atoms with Gasteiger partial charge in [-0.2, -0.15) is 0 Å². The maximum Gasteiger partial charge on any atom is 0.335 e. The van der Waals surface area contributed by atoms with Gasteiger partial charge < -0.3 is 10.4 Å². The Bertz CT molecular complexity index is 455. The zero-order valence-corrected chi connectivity index (χ0v) is 10.1. The molecule has 0 unspecified atom stereocenters. The number of nitrogens with one attached hydrogen (secondary N) is 1. The largest absolute Gasteiger partial charge is 0.478 e. The Hall–Kier alpha value is -1.65. The van der Waals surface area contributed by atoms with E-state index in [1.807, 2.05) is 6.92 Å². The molecule has 0 atom stereocenters. The zero-order chi connectivity index (χ0) is 13.3. The molecule has 1 aromatic carbocycles. The SMILES string of the molecule is CCC1(Nc2c(F)cc(C(=O)O)cc2F)CCC1. The number of hydrogen-bond donors (Lipinski definition) is 2. The van der Waals surface area contributed by atoms with Gasteiger partial charge in [0.1, 0.15) is 17.3 Å². The molecule has 0 aromatic heterocycles. The molecular formula is C13H15F2NO2. The van der Waals surface area contributed by atoms with Crippen molar-refractivity contribution in [1.82, 2.24) is 0 Å². The quantitative estimate of drug-likeness (QED) is 0.866. The molecule has 98 valence electrons. The number of carboxylic acid groups (broad SMARTS) is 1. The van der Waals surface area contributed by atoms with Crippen molar-refractivity contribution in [2.24, 2.45) is 0 Å². The van der Waals surface area contributed by atoms with Crippen LogP contribution in [0, 0.1) is 11.6 Å². The fourth-order valence-electron chi connectivity index (χ4n) is 2.25. The lowest BCUT2D eigenvalue weighted by atomic mass is 9.74. The van der Waals surface area contributed by atoms with Gasteiger partial charge in [0.25, 0.3) is 0 Å². The van der Waals surface area contributed by atoms with Crippen molar-refractivity contribution in [3.05, 3.63) is 29.3 Å². The highest BCUT2D eigenvalue weighted by Crippen LogP contribution is 2.39. The first-order valence-corrected chi connectivity index (χ1v) is 5.98. The summed E-state index contributed by atoms with van der Waals surface area (Å²) in [6.07, 6.45) is 3.58. The van der Waals surface area contributed by atoms with Gasteiger partial charge in [-0.05, 0) is 37.8 Å². The third-order valence-corrected chi connectivity index (χ3v) is 3.67. The summed E-state index contributed by atoms with van der Waals surface area (Å²) < 4.78 is 27.5. The van der Waals surface area contributed by atoms with Crippen molar-refractivity contribution < 1.29 is 18.7 Å². The summed E-state index contributed by atoms with van der Waals surface area (Å²) in [5.74, 6) is -3.05. The normalized spacial score (nSPS) is 17.1. The molecule has 0 heterocycles. The molecule has 0 amide bonds. The molecule has 1 aliphatic rings. The lowest BCUT2D eigenvalue weighted by molar-refractivity contribution is 0.0696. The lowest BCUT2D eigenvalue weighted by Crippen LogP contribution is -2.44. The van der Waals surface area contributed by atoms with Crippen LogP contribution in [0.5, 0.6) is 0 Å². The van der Waals surface area contributed by atoms with Gasteiger partial charge >= 0.3 is 5.97 Å². The number of benzene rings is 1. The van der Waals surface area contributed by atoms with E-state index in [4.69, 9.17) is 5.11 Å². The van der Waals surface area contributed by atoms with Gasteiger partial charge in [0.2, 0.25) is 0 Å². The molecule has 1 aliphatic carbocycles. The molecule has 0 aliphatic heterocycles. The number of hydrogen-bond acceptors (Lipinski definition) is 2. The van der Waals surface area contributed by atoms with Crippen LogP contribution in [0.3, 0.4) is 0 Å². The maximum atomic E-state index is 13.7. The van der Waals surface area contributed by atoms with Crippen LogP contribution in [0.1, 0.15) is 43.0 Å².